The molecule has 2 nitrogen and oxygen atoms in total. The van der Waals surface area contributed by atoms with Gasteiger partial charge in [-0.05, 0) is 31.9 Å². The molecule has 96 valence electrons. The van der Waals surface area contributed by atoms with Gasteiger partial charge in [0, 0.05) is 31.4 Å². The number of hydrogen-bond donors (Lipinski definition) is 1. The Kier molecular flexibility index (Phi) is 6.06. The lowest BCUT2D eigenvalue weighted by Crippen LogP contribution is -2.38. The average molecular weight is 234 g/mol. The molecule has 1 rings (SSSR count). The second kappa shape index (κ2) is 7.33. The van der Waals surface area contributed by atoms with Gasteiger partial charge in [-0.25, -0.2) is 0 Å². The fourth-order valence-electron chi connectivity index (χ4n) is 1.77. The first-order valence-electron chi connectivity index (χ1n) is 6.68. The molecule has 0 aliphatic rings. The lowest BCUT2D eigenvalue weighted by molar-refractivity contribution is 0.430. The second-order valence-corrected chi connectivity index (χ2v) is 4.90. The van der Waals surface area contributed by atoms with Crippen LogP contribution in [0.4, 0.5) is 5.69 Å². The molecule has 0 fully saturated rings. The fourth-order valence-corrected chi connectivity index (χ4v) is 1.77. The monoisotopic (exact) mass is 234 g/mol. The zero-order valence-electron chi connectivity index (χ0n) is 11.6. The van der Waals surface area contributed by atoms with E-state index in [9.17, 15) is 0 Å². The van der Waals surface area contributed by atoms with Gasteiger partial charge < -0.3 is 10.2 Å². The Bertz CT molecular complexity index is 295. The fraction of sp³-hybridized carbons (Fsp3) is 0.600. The Hall–Kier alpha value is -1.02. The molecule has 0 aliphatic heterocycles. The van der Waals surface area contributed by atoms with E-state index in [-0.39, 0.29) is 0 Å². The summed E-state index contributed by atoms with van der Waals surface area (Å²) in [6, 6.07) is 11.2. The first kappa shape index (κ1) is 14.0. The van der Waals surface area contributed by atoms with Crippen LogP contribution in [0.1, 0.15) is 27.7 Å². The highest BCUT2D eigenvalue weighted by Crippen LogP contribution is 2.11. The van der Waals surface area contributed by atoms with E-state index in [2.05, 4.69) is 68.2 Å². The van der Waals surface area contributed by atoms with E-state index in [0.717, 1.165) is 19.6 Å². The normalized spacial score (nSPS) is 12.8. The molecule has 0 bridgehead atoms. The van der Waals surface area contributed by atoms with Crippen molar-refractivity contribution in [3.8, 4) is 0 Å². The van der Waals surface area contributed by atoms with Gasteiger partial charge in [-0.15, -0.1) is 0 Å². The maximum absolute atomic E-state index is 3.57. The minimum Gasteiger partial charge on any atom is -0.371 e. The van der Waals surface area contributed by atoms with Crippen molar-refractivity contribution >= 4 is 5.69 Å². The van der Waals surface area contributed by atoms with Crippen molar-refractivity contribution in [2.75, 3.05) is 24.5 Å². The summed E-state index contributed by atoms with van der Waals surface area (Å²) < 4.78 is 0. The molecule has 17 heavy (non-hydrogen) atoms. The molecule has 2 heteroatoms. The van der Waals surface area contributed by atoms with Crippen LogP contribution in [0.15, 0.2) is 30.3 Å². The number of benzene rings is 1. The predicted molar refractivity (Wildman–Crippen MR) is 76.6 cm³/mol. The highest BCUT2D eigenvalue weighted by molar-refractivity contribution is 5.45. The quantitative estimate of drug-likeness (QED) is 0.779. The molecule has 1 unspecified atom stereocenters. The highest BCUT2D eigenvalue weighted by atomic mass is 15.1. The summed E-state index contributed by atoms with van der Waals surface area (Å²) in [5.74, 6) is 0.696. The smallest absolute Gasteiger partial charge is 0.0366 e. The molecule has 0 saturated carbocycles. The van der Waals surface area contributed by atoms with Crippen LogP contribution in [0.3, 0.4) is 0 Å². The van der Waals surface area contributed by atoms with Gasteiger partial charge in [0.25, 0.3) is 0 Å². The molecule has 0 aromatic heterocycles. The number of rotatable bonds is 7. The van der Waals surface area contributed by atoms with Crippen molar-refractivity contribution < 1.29 is 0 Å². The maximum Gasteiger partial charge on any atom is 0.0366 e. The van der Waals surface area contributed by atoms with Gasteiger partial charge in [-0.1, -0.05) is 32.0 Å². The summed E-state index contributed by atoms with van der Waals surface area (Å²) in [5, 5.41) is 3.57. The number of nitrogens with zero attached hydrogens (tertiary/aromatic N) is 1. The van der Waals surface area contributed by atoms with E-state index in [1.54, 1.807) is 0 Å². The summed E-state index contributed by atoms with van der Waals surface area (Å²) in [5.41, 5.74) is 1.31. The van der Waals surface area contributed by atoms with Crippen LogP contribution < -0.4 is 10.2 Å². The Morgan fingerprint density at radius 2 is 1.76 bits per heavy atom. The van der Waals surface area contributed by atoms with Crippen molar-refractivity contribution in [2.24, 2.45) is 5.92 Å². The number of hydrogen-bond acceptors (Lipinski definition) is 2. The lowest BCUT2D eigenvalue weighted by atomic mass is 10.1. The molecule has 0 aliphatic carbocycles. The third-order valence-electron chi connectivity index (χ3n) is 3.35. The van der Waals surface area contributed by atoms with E-state index in [0.29, 0.717) is 12.0 Å². The van der Waals surface area contributed by atoms with Crippen molar-refractivity contribution in [1.29, 1.82) is 0 Å². The third-order valence-corrected chi connectivity index (χ3v) is 3.35. The highest BCUT2D eigenvalue weighted by Gasteiger charge is 2.07. The molecular weight excluding hydrogens is 208 g/mol. The zero-order chi connectivity index (χ0) is 12.7. The van der Waals surface area contributed by atoms with Crippen molar-refractivity contribution in [1.82, 2.24) is 5.32 Å². The summed E-state index contributed by atoms with van der Waals surface area (Å²) in [4.78, 5) is 2.40. The minimum atomic E-state index is 0.587. The average Bonchev–Trinajstić information content (AvgIpc) is 2.35. The van der Waals surface area contributed by atoms with Gasteiger partial charge in [0.1, 0.15) is 0 Å². The summed E-state index contributed by atoms with van der Waals surface area (Å²) in [7, 11) is 0. The maximum atomic E-state index is 3.57. The van der Waals surface area contributed by atoms with Crippen LogP contribution in [0.25, 0.3) is 0 Å². The van der Waals surface area contributed by atoms with Crippen molar-refractivity contribution in [2.45, 2.75) is 33.7 Å². The van der Waals surface area contributed by atoms with Gasteiger partial charge >= 0.3 is 0 Å². The van der Waals surface area contributed by atoms with E-state index >= 15 is 0 Å². The number of para-hydroxylation sites is 1. The van der Waals surface area contributed by atoms with Crippen LogP contribution in [0.5, 0.6) is 0 Å². The number of likely N-dealkylation sites (N-methyl/N-ethyl adjacent to an activating group) is 1. The van der Waals surface area contributed by atoms with Crippen molar-refractivity contribution in [3.63, 3.8) is 0 Å². The first-order chi connectivity index (χ1) is 8.15. The molecule has 1 aromatic carbocycles. The first-order valence-corrected chi connectivity index (χ1v) is 6.68. The van der Waals surface area contributed by atoms with Gasteiger partial charge in [0.2, 0.25) is 0 Å². The molecule has 0 heterocycles. The van der Waals surface area contributed by atoms with Gasteiger partial charge in [-0.3, -0.25) is 0 Å². The van der Waals surface area contributed by atoms with E-state index in [1.807, 2.05) is 0 Å². The zero-order valence-corrected chi connectivity index (χ0v) is 11.6. The van der Waals surface area contributed by atoms with Crippen LogP contribution >= 0.6 is 0 Å². The lowest BCUT2D eigenvalue weighted by Gasteiger charge is -2.25. The van der Waals surface area contributed by atoms with Gasteiger partial charge in [0.15, 0.2) is 0 Å². The van der Waals surface area contributed by atoms with Crippen LogP contribution in [0, 0.1) is 5.92 Å². The molecule has 1 N–H and O–H groups in total. The Morgan fingerprint density at radius 1 is 1.12 bits per heavy atom. The van der Waals surface area contributed by atoms with Crippen LogP contribution in [0.2, 0.25) is 0 Å². The second-order valence-electron chi connectivity index (χ2n) is 4.90. The standard InChI is InChI=1S/C15H26N2/c1-5-17(15-9-7-6-8-10-15)12-11-16-14(4)13(2)3/h6-10,13-14,16H,5,11-12H2,1-4H3. The Labute approximate surface area is 106 Å². The van der Waals surface area contributed by atoms with Crippen molar-refractivity contribution in [3.05, 3.63) is 30.3 Å². The summed E-state index contributed by atoms with van der Waals surface area (Å²) >= 11 is 0. The molecule has 1 atom stereocenters. The molecule has 0 saturated heterocycles. The van der Waals surface area contributed by atoms with Gasteiger partial charge in [0.05, 0.1) is 0 Å². The van der Waals surface area contributed by atoms with Crippen LogP contribution in [-0.2, 0) is 0 Å². The third kappa shape index (κ3) is 4.78. The summed E-state index contributed by atoms with van der Waals surface area (Å²) in [6.07, 6.45) is 0. The van der Waals surface area contributed by atoms with E-state index in [4.69, 9.17) is 0 Å². The topological polar surface area (TPSA) is 15.3 Å². The van der Waals surface area contributed by atoms with E-state index in [1.165, 1.54) is 5.69 Å². The largest absolute Gasteiger partial charge is 0.371 e. The molecule has 1 aromatic rings. The molecular formula is C15H26N2. The summed E-state index contributed by atoms with van der Waals surface area (Å²) in [6.45, 7) is 12.1. The Balaban J connectivity index is 2.39. The molecule has 0 radical (unpaired) electrons. The number of anilines is 1. The number of nitrogens with one attached hydrogen (secondary N) is 1. The minimum absolute atomic E-state index is 0.587. The molecule has 0 spiro atoms. The SMILES string of the molecule is CCN(CCNC(C)C(C)C)c1ccccc1. The van der Waals surface area contributed by atoms with Crippen LogP contribution in [-0.4, -0.2) is 25.7 Å². The van der Waals surface area contributed by atoms with E-state index < -0.39 is 0 Å². The van der Waals surface area contributed by atoms with Gasteiger partial charge in [-0.2, -0.15) is 0 Å². The Morgan fingerprint density at radius 3 is 2.29 bits per heavy atom. The predicted octanol–water partition coefficient (Wildman–Crippen LogP) is 3.15. The molecule has 0 amide bonds.